The number of anilines is 1. The first-order valence-corrected chi connectivity index (χ1v) is 8.57. The van der Waals surface area contributed by atoms with Crippen molar-refractivity contribution < 1.29 is 14.1 Å². The summed E-state index contributed by atoms with van der Waals surface area (Å²) >= 11 is 6.09. The van der Waals surface area contributed by atoms with E-state index in [1.807, 2.05) is 4.90 Å². The van der Waals surface area contributed by atoms with Gasteiger partial charge in [0.2, 0.25) is 5.89 Å². The van der Waals surface area contributed by atoms with Crippen LogP contribution in [0.5, 0.6) is 5.75 Å². The molecule has 1 atom stereocenters. The molecule has 0 aliphatic carbocycles. The van der Waals surface area contributed by atoms with Gasteiger partial charge in [-0.3, -0.25) is 4.79 Å². The number of carbonyl (C=O) groups excluding carboxylic acids is 1. The molecule has 0 bridgehead atoms. The van der Waals surface area contributed by atoms with Crippen LogP contribution in [-0.2, 0) is 6.42 Å². The van der Waals surface area contributed by atoms with Crippen LogP contribution in [0.25, 0.3) is 0 Å². The molecule has 2 heterocycles. The molecule has 0 saturated carbocycles. The fourth-order valence-electron chi connectivity index (χ4n) is 3.17. The van der Waals surface area contributed by atoms with E-state index in [0.717, 1.165) is 12.8 Å². The number of aromatic nitrogens is 2. The average molecular weight is 401 g/mol. The smallest absolute Gasteiger partial charge is 0.257 e. The van der Waals surface area contributed by atoms with Gasteiger partial charge in [-0.15, -0.1) is 12.4 Å². The molecule has 2 aromatic rings. The molecular weight excluding hydrogens is 379 g/mol. The van der Waals surface area contributed by atoms with Crippen LogP contribution in [0.15, 0.2) is 16.7 Å². The van der Waals surface area contributed by atoms with Crippen molar-refractivity contribution in [2.75, 3.05) is 25.9 Å². The third-order valence-electron chi connectivity index (χ3n) is 4.40. The summed E-state index contributed by atoms with van der Waals surface area (Å²) in [4.78, 5) is 19.0. The second-order valence-electron chi connectivity index (χ2n) is 6.27. The predicted octanol–water partition coefficient (Wildman–Crippen LogP) is 3.14. The third-order valence-corrected chi connectivity index (χ3v) is 4.72. The van der Waals surface area contributed by atoms with Crippen LogP contribution in [0.2, 0.25) is 5.02 Å². The molecule has 1 aliphatic heterocycles. The van der Waals surface area contributed by atoms with E-state index in [1.165, 1.54) is 7.11 Å². The van der Waals surface area contributed by atoms with E-state index in [9.17, 15) is 4.79 Å². The van der Waals surface area contributed by atoms with Gasteiger partial charge in [0.1, 0.15) is 5.75 Å². The Balaban J connectivity index is 0.00000243. The molecule has 0 radical (unpaired) electrons. The number of nitrogen functional groups attached to an aromatic ring is 1. The lowest BCUT2D eigenvalue weighted by molar-refractivity contribution is 0.0668. The summed E-state index contributed by atoms with van der Waals surface area (Å²) in [6.07, 6.45) is 2.65. The maximum Gasteiger partial charge on any atom is 0.257 e. The van der Waals surface area contributed by atoms with Crippen molar-refractivity contribution in [2.24, 2.45) is 5.92 Å². The zero-order valence-corrected chi connectivity index (χ0v) is 16.3. The number of rotatable bonds is 4. The minimum Gasteiger partial charge on any atom is -0.496 e. The molecule has 9 heteroatoms. The Hall–Kier alpha value is -1.99. The fraction of sp³-hybridized carbons (Fsp3) is 0.471. The monoisotopic (exact) mass is 400 g/mol. The Morgan fingerprint density at radius 3 is 2.92 bits per heavy atom. The van der Waals surface area contributed by atoms with Crippen LogP contribution in [0.1, 0.15) is 34.9 Å². The van der Waals surface area contributed by atoms with E-state index < -0.39 is 0 Å². The van der Waals surface area contributed by atoms with Crippen molar-refractivity contribution in [2.45, 2.75) is 26.2 Å². The summed E-state index contributed by atoms with van der Waals surface area (Å²) in [5.41, 5.74) is 6.61. The Labute approximate surface area is 163 Å². The van der Waals surface area contributed by atoms with Gasteiger partial charge in [0.05, 0.1) is 23.4 Å². The molecule has 1 unspecified atom stereocenters. The van der Waals surface area contributed by atoms with Crippen LogP contribution in [0.4, 0.5) is 5.69 Å². The van der Waals surface area contributed by atoms with Gasteiger partial charge in [0, 0.05) is 32.5 Å². The number of hydrogen-bond acceptors (Lipinski definition) is 6. The van der Waals surface area contributed by atoms with E-state index in [2.05, 4.69) is 10.1 Å². The number of likely N-dealkylation sites (tertiary alicyclic amines) is 1. The lowest BCUT2D eigenvalue weighted by Crippen LogP contribution is -2.40. The number of hydrogen-bond donors (Lipinski definition) is 1. The minimum absolute atomic E-state index is 0. The molecule has 3 rings (SSSR count). The summed E-state index contributed by atoms with van der Waals surface area (Å²) in [6.45, 7) is 3.10. The number of amides is 1. The molecule has 7 nitrogen and oxygen atoms in total. The molecule has 1 aromatic carbocycles. The van der Waals surface area contributed by atoms with E-state index in [1.54, 1.807) is 19.1 Å². The number of halogens is 2. The Kier molecular flexibility index (Phi) is 6.72. The van der Waals surface area contributed by atoms with Crippen molar-refractivity contribution in [3.63, 3.8) is 0 Å². The highest BCUT2D eigenvalue weighted by molar-refractivity contribution is 6.33. The van der Waals surface area contributed by atoms with Crippen molar-refractivity contribution >= 4 is 35.6 Å². The number of ether oxygens (including phenoxy) is 1. The van der Waals surface area contributed by atoms with Crippen molar-refractivity contribution in [3.8, 4) is 5.75 Å². The maximum atomic E-state index is 12.9. The number of nitrogens with two attached hydrogens (primary N) is 1. The third kappa shape index (κ3) is 4.40. The second-order valence-corrected chi connectivity index (χ2v) is 6.67. The summed E-state index contributed by atoms with van der Waals surface area (Å²) in [7, 11) is 1.51. The SMILES string of the molecule is COc1cc(N)c(Cl)cc1C(=O)N1CCCC(Cc2noc(C)n2)C1.Cl. The lowest BCUT2D eigenvalue weighted by atomic mass is 9.94. The second kappa shape index (κ2) is 8.60. The Bertz CT molecular complexity index is 781. The summed E-state index contributed by atoms with van der Waals surface area (Å²) < 4.78 is 10.3. The van der Waals surface area contributed by atoms with Crippen LogP contribution in [-0.4, -0.2) is 41.1 Å². The van der Waals surface area contributed by atoms with Gasteiger partial charge in [-0.25, -0.2) is 0 Å². The molecule has 2 N–H and O–H groups in total. The molecule has 26 heavy (non-hydrogen) atoms. The normalized spacial score (nSPS) is 16.9. The number of carbonyl (C=O) groups is 1. The van der Waals surface area contributed by atoms with E-state index in [-0.39, 0.29) is 18.3 Å². The number of nitrogens with zero attached hydrogens (tertiary/aromatic N) is 3. The van der Waals surface area contributed by atoms with Gasteiger partial charge < -0.3 is 19.9 Å². The first kappa shape index (κ1) is 20.3. The van der Waals surface area contributed by atoms with Crippen molar-refractivity contribution in [3.05, 3.63) is 34.4 Å². The van der Waals surface area contributed by atoms with E-state index >= 15 is 0 Å². The molecule has 1 amide bonds. The largest absolute Gasteiger partial charge is 0.496 e. The van der Waals surface area contributed by atoms with Crippen LogP contribution >= 0.6 is 24.0 Å². The van der Waals surface area contributed by atoms with Gasteiger partial charge >= 0.3 is 0 Å². The highest BCUT2D eigenvalue weighted by Crippen LogP contribution is 2.31. The zero-order chi connectivity index (χ0) is 18.0. The predicted molar refractivity (Wildman–Crippen MR) is 101 cm³/mol. The van der Waals surface area contributed by atoms with Crippen LogP contribution in [0.3, 0.4) is 0 Å². The van der Waals surface area contributed by atoms with E-state index in [0.29, 0.717) is 59.2 Å². The van der Waals surface area contributed by atoms with Crippen LogP contribution < -0.4 is 10.5 Å². The van der Waals surface area contributed by atoms with Gasteiger partial charge in [0.15, 0.2) is 5.82 Å². The molecular formula is C17H22Cl2N4O3. The quantitative estimate of drug-likeness (QED) is 0.791. The number of methoxy groups -OCH3 is 1. The highest BCUT2D eigenvalue weighted by Gasteiger charge is 2.27. The summed E-state index contributed by atoms with van der Waals surface area (Å²) in [5.74, 6) is 1.87. The minimum atomic E-state index is -0.104. The maximum absolute atomic E-state index is 12.9. The van der Waals surface area contributed by atoms with Gasteiger partial charge in [-0.1, -0.05) is 16.8 Å². The fourth-order valence-corrected chi connectivity index (χ4v) is 3.34. The molecule has 1 aliphatic rings. The first-order valence-electron chi connectivity index (χ1n) is 8.19. The first-order chi connectivity index (χ1) is 12.0. The lowest BCUT2D eigenvalue weighted by Gasteiger charge is -2.32. The zero-order valence-electron chi connectivity index (χ0n) is 14.7. The topological polar surface area (TPSA) is 94.5 Å². The molecule has 1 fully saturated rings. The number of piperidine rings is 1. The van der Waals surface area contributed by atoms with Crippen molar-refractivity contribution in [1.29, 1.82) is 0 Å². The highest BCUT2D eigenvalue weighted by atomic mass is 35.5. The van der Waals surface area contributed by atoms with Gasteiger partial charge in [-0.2, -0.15) is 4.98 Å². The Morgan fingerprint density at radius 2 is 2.27 bits per heavy atom. The standard InChI is InChI=1S/C17H21ClN4O3.ClH/c1-10-20-16(21-25-10)6-11-4-3-5-22(9-11)17(23)12-7-13(18)14(19)8-15(12)24-2;/h7-8,11H,3-6,9,19H2,1-2H3;1H. The van der Waals surface area contributed by atoms with Crippen LogP contribution in [0, 0.1) is 12.8 Å². The summed E-state index contributed by atoms with van der Waals surface area (Å²) in [5, 5.41) is 4.29. The number of aryl methyl sites for hydroxylation is 1. The molecule has 1 saturated heterocycles. The number of benzene rings is 1. The van der Waals surface area contributed by atoms with Crippen molar-refractivity contribution in [1.82, 2.24) is 15.0 Å². The van der Waals surface area contributed by atoms with E-state index in [4.69, 9.17) is 26.6 Å². The molecule has 0 spiro atoms. The average Bonchev–Trinajstić information content (AvgIpc) is 3.01. The summed E-state index contributed by atoms with van der Waals surface area (Å²) in [6, 6.07) is 3.16. The van der Waals surface area contributed by atoms with Gasteiger partial charge in [0.25, 0.3) is 5.91 Å². The molecule has 1 aromatic heterocycles. The van der Waals surface area contributed by atoms with Gasteiger partial charge in [-0.05, 0) is 24.8 Å². The molecule has 142 valence electrons. The Morgan fingerprint density at radius 1 is 1.50 bits per heavy atom.